The number of benzene rings is 1. The van der Waals surface area contributed by atoms with Crippen molar-refractivity contribution < 1.29 is 17.9 Å². The molecule has 0 spiro atoms. The van der Waals surface area contributed by atoms with E-state index in [1.807, 2.05) is 0 Å². The summed E-state index contributed by atoms with van der Waals surface area (Å²) in [4.78, 5) is 10.9. The average molecular weight is 253 g/mol. The molecule has 5 nitrogen and oxygen atoms in total. The van der Waals surface area contributed by atoms with Crippen molar-refractivity contribution >= 4 is 16.0 Å². The van der Waals surface area contributed by atoms with Crippen LogP contribution in [-0.4, -0.2) is 21.0 Å². The predicted octanol–water partition coefficient (Wildman–Crippen LogP) is 0.249. The Morgan fingerprint density at radius 2 is 2.06 bits per heavy atom. The van der Waals surface area contributed by atoms with Gasteiger partial charge < -0.3 is 4.74 Å². The summed E-state index contributed by atoms with van der Waals surface area (Å²) in [6, 6.07) is 5.91. The highest BCUT2D eigenvalue weighted by Crippen LogP contribution is 2.11. The lowest BCUT2D eigenvalue weighted by Crippen LogP contribution is -2.13. The van der Waals surface area contributed by atoms with Crippen molar-refractivity contribution in [1.82, 2.24) is 0 Å². The second-order valence-electron chi connectivity index (χ2n) is 3.01. The third-order valence-electron chi connectivity index (χ3n) is 1.77. The van der Waals surface area contributed by atoms with E-state index in [1.54, 1.807) is 13.0 Å². The molecule has 90 valence electrons. The van der Waals surface area contributed by atoms with Gasteiger partial charge in [0.15, 0.2) is 0 Å². The minimum Gasteiger partial charge on any atom is -0.456 e. The summed E-state index contributed by atoms with van der Waals surface area (Å²) < 4.78 is 27.0. The van der Waals surface area contributed by atoms with Crippen LogP contribution in [-0.2, 0) is 19.6 Å². The summed E-state index contributed by atoms with van der Waals surface area (Å²) in [7, 11) is -3.85. The van der Waals surface area contributed by atoms with Crippen molar-refractivity contribution in [2.24, 2.45) is 5.14 Å². The minimum atomic E-state index is -3.85. The first-order valence-corrected chi connectivity index (χ1v) is 6.30. The maximum Gasteiger partial charge on any atom is 0.384 e. The van der Waals surface area contributed by atoms with Crippen molar-refractivity contribution in [2.75, 3.05) is 6.61 Å². The highest BCUT2D eigenvalue weighted by atomic mass is 32.2. The second kappa shape index (κ2) is 5.48. The molecule has 0 atom stereocenters. The number of carbonyl (C=O) groups is 1. The van der Waals surface area contributed by atoms with Crippen LogP contribution >= 0.6 is 0 Å². The number of esters is 1. The fourth-order valence-corrected chi connectivity index (χ4v) is 1.80. The molecule has 0 saturated heterocycles. The summed E-state index contributed by atoms with van der Waals surface area (Å²) in [5.41, 5.74) is 0.169. The molecule has 0 aliphatic rings. The van der Waals surface area contributed by atoms with Gasteiger partial charge in [0, 0.05) is 11.5 Å². The topological polar surface area (TPSA) is 86.5 Å². The Kier molecular flexibility index (Phi) is 4.26. The lowest BCUT2D eigenvalue weighted by Gasteiger charge is -2.00. The van der Waals surface area contributed by atoms with Crippen LogP contribution in [0.25, 0.3) is 0 Å². The van der Waals surface area contributed by atoms with Crippen molar-refractivity contribution in [2.45, 2.75) is 11.8 Å². The molecule has 0 aliphatic heterocycles. The Labute approximate surface area is 99.6 Å². The van der Waals surface area contributed by atoms with Crippen molar-refractivity contribution in [3.05, 3.63) is 29.8 Å². The number of carbonyl (C=O) groups excluding carboxylic acids is 1. The zero-order valence-electron chi connectivity index (χ0n) is 9.14. The lowest BCUT2D eigenvalue weighted by atomic mass is 10.2. The molecule has 0 unspecified atom stereocenters. The lowest BCUT2D eigenvalue weighted by molar-refractivity contribution is -0.136. The van der Waals surface area contributed by atoms with Gasteiger partial charge in [-0.2, -0.15) is 0 Å². The van der Waals surface area contributed by atoms with Crippen LogP contribution in [0.4, 0.5) is 0 Å². The van der Waals surface area contributed by atoms with Crippen LogP contribution in [0, 0.1) is 11.8 Å². The Hall–Kier alpha value is -1.84. The van der Waals surface area contributed by atoms with E-state index < -0.39 is 16.0 Å². The molecule has 1 aromatic carbocycles. The molecule has 0 saturated carbocycles. The molecule has 1 rings (SSSR count). The van der Waals surface area contributed by atoms with Crippen molar-refractivity contribution in [1.29, 1.82) is 0 Å². The van der Waals surface area contributed by atoms with Crippen LogP contribution in [0.2, 0.25) is 0 Å². The van der Waals surface area contributed by atoms with E-state index in [0.29, 0.717) is 0 Å². The molecule has 17 heavy (non-hydrogen) atoms. The standard InChI is InChI=1S/C11H11NO4S/c1-2-16-11(13)8-7-9-5-3-4-6-10(9)17(12,14)15/h3-6H,2H2,1H3,(H2,12,14,15). The Bertz CT molecular complexity index is 581. The van der Waals surface area contributed by atoms with Crippen molar-refractivity contribution in [3.63, 3.8) is 0 Å². The van der Waals surface area contributed by atoms with Gasteiger partial charge in [0.05, 0.1) is 11.5 Å². The van der Waals surface area contributed by atoms with Gasteiger partial charge in [-0.05, 0) is 19.1 Å². The molecule has 0 fully saturated rings. The van der Waals surface area contributed by atoms with Crippen LogP contribution in [0.5, 0.6) is 0 Å². The first kappa shape index (κ1) is 13.2. The first-order chi connectivity index (χ1) is 7.95. The van der Waals surface area contributed by atoms with Crippen LogP contribution in [0.15, 0.2) is 29.2 Å². The third-order valence-corrected chi connectivity index (χ3v) is 2.74. The fourth-order valence-electron chi connectivity index (χ4n) is 1.10. The van der Waals surface area contributed by atoms with Crippen LogP contribution < -0.4 is 5.14 Å². The number of sulfonamides is 1. The molecule has 6 heteroatoms. The highest BCUT2D eigenvalue weighted by Gasteiger charge is 2.11. The quantitative estimate of drug-likeness (QED) is 0.604. The maximum atomic E-state index is 11.2. The zero-order valence-corrected chi connectivity index (χ0v) is 9.95. The molecule has 0 aromatic heterocycles. The normalized spacial score (nSPS) is 10.2. The summed E-state index contributed by atoms with van der Waals surface area (Å²) in [6.07, 6.45) is 0. The summed E-state index contributed by atoms with van der Waals surface area (Å²) in [5, 5.41) is 5.01. The molecule has 1 aromatic rings. The number of primary sulfonamides is 1. The Morgan fingerprint density at radius 1 is 1.41 bits per heavy atom. The highest BCUT2D eigenvalue weighted by molar-refractivity contribution is 7.89. The van der Waals surface area contributed by atoms with Gasteiger partial charge in [-0.15, -0.1) is 0 Å². The van der Waals surface area contributed by atoms with E-state index in [9.17, 15) is 13.2 Å². The summed E-state index contributed by atoms with van der Waals surface area (Å²) in [6.45, 7) is 1.86. The summed E-state index contributed by atoms with van der Waals surface area (Å²) in [5.74, 6) is 3.89. The van der Waals surface area contributed by atoms with Gasteiger partial charge in [0.1, 0.15) is 0 Å². The van der Waals surface area contributed by atoms with E-state index in [4.69, 9.17) is 5.14 Å². The van der Waals surface area contributed by atoms with Crippen LogP contribution in [0.3, 0.4) is 0 Å². The molecule has 0 radical (unpaired) electrons. The van der Waals surface area contributed by atoms with Gasteiger partial charge in [-0.25, -0.2) is 18.4 Å². The number of hydrogen-bond acceptors (Lipinski definition) is 4. The largest absolute Gasteiger partial charge is 0.456 e. The smallest absolute Gasteiger partial charge is 0.384 e. The average Bonchev–Trinajstić information content (AvgIpc) is 2.26. The van der Waals surface area contributed by atoms with E-state index in [-0.39, 0.29) is 17.1 Å². The second-order valence-corrected chi connectivity index (χ2v) is 4.54. The fraction of sp³-hybridized carbons (Fsp3) is 0.182. The number of ether oxygens (including phenoxy) is 1. The van der Waals surface area contributed by atoms with E-state index >= 15 is 0 Å². The van der Waals surface area contributed by atoms with Gasteiger partial charge >= 0.3 is 5.97 Å². The number of hydrogen-bond donors (Lipinski definition) is 1. The van der Waals surface area contributed by atoms with Crippen LogP contribution in [0.1, 0.15) is 12.5 Å². The van der Waals surface area contributed by atoms with Gasteiger partial charge in [-0.3, -0.25) is 0 Å². The predicted molar refractivity (Wildman–Crippen MR) is 61.3 cm³/mol. The zero-order chi connectivity index (χ0) is 12.9. The molecular weight excluding hydrogens is 242 g/mol. The van der Waals surface area contributed by atoms with Gasteiger partial charge in [0.2, 0.25) is 10.0 Å². The Morgan fingerprint density at radius 3 is 2.65 bits per heavy atom. The van der Waals surface area contributed by atoms with E-state index in [2.05, 4.69) is 16.6 Å². The van der Waals surface area contributed by atoms with Gasteiger partial charge in [-0.1, -0.05) is 18.1 Å². The number of nitrogens with two attached hydrogens (primary N) is 1. The maximum absolute atomic E-state index is 11.2. The van der Waals surface area contributed by atoms with Crippen molar-refractivity contribution in [3.8, 4) is 11.8 Å². The first-order valence-electron chi connectivity index (χ1n) is 4.75. The third kappa shape index (κ3) is 3.90. The minimum absolute atomic E-state index is 0.114. The van der Waals surface area contributed by atoms with E-state index in [1.165, 1.54) is 18.2 Å². The molecule has 2 N–H and O–H groups in total. The monoisotopic (exact) mass is 253 g/mol. The molecule has 0 amide bonds. The molecule has 0 bridgehead atoms. The number of rotatable bonds is 2. The summed E-state index contributed by atoms with van der Waals surface area (Å²) >= 11 is 0. The SMILES string of the molecule is CCOC(=O)C#Cc1ccccc1S(N)(=O)=O. The van der Waals surface area contributed by atoms with E-state index in [0.717, 1.165) is 0 Å². The molecular formula is C11H11NO4S. The van der Waals surface area contributed by atoms with Gasteiger partial charge in [0.25, 0.3) is 0 Å². The molecule has 0 aliphatic carbocycles. The molecule has 0 heterocycles. The Balaban J connectivity index is 3.12.